The van der Waals surface area contributed by atoms with Crippen LogP contribution in [0.5, 0.6) is 0 Å². The summed E-state index contributed by atoms with van der Waals surface area (Å²) < 4.78 is 6.10. The molecule has 0 atom stereocenters. The van der Waals surface area contributed by atoms with Crippen LogP contribution in [0.2, 0.25) is 0 Å². The fraction of sp³-hybridized carbons (Fsp3) is 0.150. The molecule has 0 aliphatic carbocycles. The molecule has 2 heteroatoms. The van der Waals surface area contributed by atoms with Gasteiger partial charge in [0.25, 0.3) is 0 Å². The van der Waals surface area contributed by atoms with Gasteiger partial charge in [0.2, 0.25) is 0 Å². The second-order valence-corrected chi connectivity index (χ2v) is 5.58. The van der Waals surface area contributed by atoms with E-state index in [1.54, 1.807) is 0 Å². The van der Waals surface area contributed by atoms with E-state index in [0.29, 0.717) is 0 Å². The first-order valence-corrected chi connectivity index (χ1v) is 7.72. The van der Waals surface area contributed by atoms with Crippen LogP contribution in [-0.2, 0) is 6.42 Å². The van der Waals surface area contributed by atoms with Crippen LogP contribution in [0.25, 0.3) is 33.2 Å². The van der Waals surface area contributed by atoms with Gasteiger partial charge in [-0.05, 0) is 36.2 Å². The van der Waals surface area contributed by atoms with Gasteiger partial charge in [0.1, 0.15) is 11.2 Å². The Hall–Kier alpha value is -2.61. The Kier molecular flexibility index (Phi) is 3.15. The van der Waals surface area contributed by atoms with Crippen molar-refractivity contribution in [3.05, 3.63) is 66.4 Å². The van der Waals surface area contributed by atoms with Gasteiger partial charge in [-0.15, -0.1) is 0 Å². The Morgan fingerprint density at radius 1 is 0.955 bits per heavy atom. The average molecular weight is 287 g/mol. The first-order chi connectivity index (χ1) is 10.9. The monoisotopic (exact) mass is 287 g/mol. The Morgan fingerprint density at radius 3 is 2.73 bits per heavy atom. The van der Waals surface area contributed by atoms with E-state index in [2.05, 4.69) is 48.3 Å². The summed E-state index contributed by atoms with van der Waals surface area (Å²) in [6.45, 7) is 2.19. The zero-order valence-corrected chi connectivity index (χ0v) is 12.5. The van der Waals surface area contributed by atoms with E-state index < -0.39 is 0 Å². The van der Waals surface area contributed by atoms with Gasteiger partial charge >= 0.3 is 0 Å². The molecule has 0 fully saturated rings. The molecule has 0 saturated carbocycles. The molecule has 4 aromatic rings. The predicted octanol–water partition coefficient (Wildman–Crippen LogP) is 5.60. The molecule has 2 aromatic carbocycles. The van der Waals surface area contributed by atoms with Gasteiger partial charge < -0.3 is 4.42 Å². The molecule has 0 N–H and O–H groups in total. The Balaban J connectivity index is 1.97. The highest BCUT2D eigenvalue weighted by molar-refractivity contribution is 6.09. The van der Waals surface area contributed by atoms with Gasteiger partial charge in [0, 0.05) is 22.5 Å². The second-order valence-electron chi connectivity index (χ2n) is 5.58. The van der Waals surface area contributed by atoms with Gasteiger partial charge in [-0.1, -0.05) is 43.7 Å². The number of nitrogens with zero attached hydrogens (tertiary/aromatic N) is 1. The lowest BCUT2D eigenvalue weighted by atomic mass is 10.0. The zero-order chi connectivity index (χ0) is 14.9. The van der Waals surface area contributed by atoms with Crippen LogP contribution in [0.15, 0.2) is 65.2 Å². The third-order valence-electron chi connectivity index (χ3n) is 4.04. The lowest BCUT2D eigenvalue weighted by molar-refractivity contribution is 0.670. The average Bonchev–Trinajstić information content (AvgIpc) is 2.94. The SMILES string of the molecule is CCCc1ccnc(-c2cccc3c2oc2ccccc23)c1. The summed E-state index contributed by atoms with van der Waals surface area (Å²) in [4.78, 5) is 4.55. The number of pyridine rings is 1. The molecule has 108 valence electrons. The van der Waals surface area contributed by atoms with Gasteiger partial charge in [0.15, 0.2) is 0 Å². The third-order valence-corrected chi connectivity index (χ3v) is 4.04. The van der Waals surface area contributed by atoms with E-state index in [9.17, 15) is 0 Å². The molecular formula is C20H17NO. The molecule has 0 aliphatic heterocycles. The molecular weight excluding hydrogens is 270 g/mol. The van der Waals surface area contributed by atoms with Crippen molar-refractivity contribution in [2.75, 3.05) is 0 Å². The molecule has 0 unspecified atom stereocenters. The molecule has 2 heterocycles. The van der Waals surface area contributed by atoms with Crippen LogP contribution < -0.4 is 0 Å². The van der Waals surface area contributed by atoms with Crippen molar-refractivity contribution < 1.29 is 4.42 Å². The molecule has 2 aromatic heterocycles. The van der Waals surface area contributed by atoms with Crippen molar-refractivity contribution >= 4 is 21.9 Å². The van der Waals surface area contributed by atoms with Crippen LogP contribution in [0.3, 0.4) is 0 Å². The summed E-state index contributed by atoms with van der Waals surface area (Å²) in [5, 5.41) is 2.31. The molecule has 0 saturated heterocycles. The van der Waals surface area contributed by atoms with E-state index in [0.717, 1.165) is 46.0 Å². The lowest BCUT2D eigenvalue weighted by Gasteiger charge is -2.04. The Morgan fingerprint density at radius 2 is 1.82 bits per heavy atom. The number of rotatable bonds is 3. The van der Waals surface area contributed by atoms with E-state index >= 15 is 0 Å². The lowest BCUT2D eigenvalue weighted by Crippen LogP contribution is -1.88. The number of fused-ring (bicyclic) bond motifs is 3. The summed E-state index contributed by atoms with van der Waals surface area (Å²) in [6, 6.07) is 18.7. The van der Waals surface area contributed by atoms with Gasteiger partial charge in [0.05, 0.1) is 5.69 Å². The minimum Gasteiger partial charge on any atom is -0.455 e. The fourth-order valence-electron chi connectivity index (χ4n) is 3.01. The Bertz CT molecular complexity index is 952. The van der Waals surface area contributed by atoms with Crippen molar-refractivity contribution in [2.24, 2.45) is 0 Å². The second kappa shape index (κ2) is 5.30. The maximum Gasteiger partial charge on any atom is 0.144 e. The largest absolute Gasteiger partial charge is 0.455 e. The molecule has 0 aliphatic rings. The highest BCUT2D eigenvalue weighted by Gasteiger charge is 2.12. The van der Waals surface area contributed by atoms with Crippen molar-refractivity contribution in [2.45, 2.75) is 19.8 Å². The third kappa shape index (κ3) is 2.08. The molecule has 22 heavy (non-hydrogen) atoms. The minimum atomic E-state index is 0.921. The standard InChI is InChI=1S/C20H17NO/c1-2-6-14-11-12-21-18(13-14)17-9-5-8-16-15-7-3-4-10-19(15)22-20(16)17/h3-5,7-13H,2,6H2,1H3. The summed E-state index contributed by atoms with van der Waals surface area (Å²) in [7, 11) is 0. The quantitative estimate of drug-likeness (QED) is 0.490. The number of para-hydroxylation sites is 2. The first-order valence-electron chi connectivity index (χ1n) is 7.72. The molecule has 0 bridgehead atoms. The minimum absolute atomic E-state index is 0.921. The van der Waals surface area contributed by atoms with Crippen molar-refractivity contribution in [3.63, 3.8) is 0 Å². The van der Waals surface area contributed by atoms with Crippen LogP contribution in [-0.4, -0.2) is 4.98 Å². The normalized spacial score (nSPS) is 11.3. The van der Waals surface area contributed by atoms with E-state index in [1.807, 2.05) is 24.4 Å². The topological polar surface area (TPSA) is 26.0 Å². The molecule has 0 spiro atoms. The van der Waals surface area contributed by atoms with Crippen molar-refractivity contribution in [3.8, 4) is 11.3 Å². The number of aromatic nitrogens is 1. The van der Waals surface area contributed by atoms with Crippen LogP contribution in [0.4, 0.5) is 0 Å². The van der Waals surface area contributed by atoms with E-state index in [-0.39, 0.29) is 0 Å². The van der Waals surface area contributed by atoms with Crippen molar-refractivity contribution in [1.29, 1.82) is 0 Å². The van der Waals surface area contributed by atoms with Gasteiger partial charge in [-0.25, -0.2) is 0 Å². The number of hydrogen-bond donors (Lipinski definition) is 0. The summed E-state index contributed by atoms with van der Waals surface area (Å²) in [6.07, 6.45) is 4.10. The smallest absolute Gasteiger partial charge is 0.144 e. The number of aryl methyl sites for hydroxylation is 1. The molecule has 0 amide bonds. The van der Waals surface area contributed by atoms with Crippen molar-refractivity contribution in [1.82, 2.24) is 4.98 Å². The molecule has 4 rings (SSSR count). The maximum absolute atomic E-state index is 6.10. The molecule has 2 nitrogen and oxygen atoms in total. The highest BCUT2D eigenvalue weighted by atomic mass is 16.3. The summed E-state index contributed by atoms with van der Waals surface area (Å²) >= 11 is 0. The Labute approximate surface area is 129 Å². The number of furan rings is 1. The van der Waals surface area contributed by atoms with Gasteiger partial charge in [-0.2, -0.15) is 0 Å². The predicted molar refractivity (Wildman–Crippen MR) is 90.9 cm³/mol. The van der Waals surface area contributed by atoms with Crippen LogP contribution >= 0.6 is 0 Å². The number of benzene rings is 2. The molecule has 0 radical (unpaired) electrons. The van der Waals surface area contributed by atoms with Gasteiger partial charge in [-0.3, -0.25) is 4.98 Å². The first kappa shape index (κ1) is 13.1. The summed E-state index contributed by atoms with van der Waals surface area (Å²) in [5.41, 5.74) is 5.21. The number of hydrogen-bond acceptors (Lipinski definition) is 2. The summed E-state index contributed by atoms with van der Waals surface area (Å²) in [5.74, 6) is 0. The van der Waals surface area contributed by atoms with Crippen LogP contribution in [0.1, 0.15) is 18.9 Å². The fourth-order valence-corrected chi connectivity index (χ4v) is 3.01. The zero-order valence-electron chi connectivity index (χ0n) is 12.5. The highest BCUT2D eigenvalue weighted by Crippen LogP contribution is 2.35. The van der Waals surface area contributed by atoms with E-state index in [4.69, 9.17) is 4.42 Å². The van der Waals surface area contributed by atoms with Crippen LogP contribution in [0, 0.1) is 0 Å². The van der Waals surface area contributed by atoms with E-state index in [1.165, 1.54) is 5.56 Å². The maximum atomic E-state index is 6.10.